The largest absolute Gasteiger partial charge is 0.289 e. The molecule has 18 heavy (non-hydrogen) atoms. The second-order valence-corrected chi connectivity index (χ2v) is 3.56. The van der Waals surface area contributed by atoms with Crippen LogP contribution in [0, 0.1) is 5.82 Å². The van der Waals surface area contributed by atoms with Gasteiger partial charge in [-0.2, -0.15) is 4.99 Å². The molecule has 0 spiro atoms. The lowest BCUT2D eigenvalue weighted by molar-refractivity contribution is 0.103. The third-order valence-corrected chi connectivity index (χ3v) is 2.42. The lowest BCUT2D eigenvalue weighted by Gasteiger charge is -2.03. The second-order valence-electron chi connectivity index (χ2n) is 3.56. The van der Waals surface area contributed by atoms with E-state index in [9.17, 15) is 14.0 Å². The van der Waals surface area contributed by atoms with Gasteiger partial charge in [-0.3, -0.25) is 4.79 Å². The van der Waals surface area contributed by atoms with Crippen molar-refractivity contribution < 1.29 is 14.0 Å². The van der Waals surface area contributed by atoms with Gasteiger partial charge in [0.05, 0.1) is 5.69 Å². The molecule has 0 aromatic heterocycles. The summed E-state index contributed by atoms with van der Waals surface area (Å²) in [6, 6.07) is 11.6. The highest BCUT2D eigenvalue weighted by Crippen LogP contribution is 2.21. The lowest BCUT2D eigenvalue weighted by atomic mass is 10.0. The molecule has 0 saturated carbocycles. The minimum absolute atomic E-state index is 0.252. The Hall–Kier alpha value is -2.58. The minimum atomic E-state index is -0.411. The van der Waals surface area contributed by atoms with Crippen LogP contribution in [0.3, 0.4) is 0 Å². The average molecular weight is 241 g/mol. The first-order chi connectivity index (χ1) is 8.72. The van der Waals surface area contributed by atoms with E-state index in [1.807, 2.05) is 0 Å². The molecule has 0 fully saturated rings. The summed E-state index contributed by atoms with van der Waals surface area (Å²) in [5.41, 5.74) is 0.874. The van der Waals surface area contributed by atoms with Crippen LogP contribution in [0.2, 0.25) is 0 Å². The Morgan fingerprint density at radius 3 is 2.39 bits per heavy atom. The van der Waals surface area contributed by atoms with E-state index in [1.165, 1.54) is 30.3 Å². The highest BCUT2D eigenvalue weighted by molar-refractivity contribution is 6.12. The van der Waals surface area contributed by atoms with E-state index in [-0.39, 0.29) is 17.0 Å². The third-order valence-electron chi connectivity index (χ3n) is 2.42. The van der Waals surface area contributed by atoms with Crippen LogP contribution in [0.5, 0.6) is 0 Å². The zero-order chi connectivity index (χ0) is 13.0. The van der Waals surface area contributed by atoms with Gasteiger partial charge < -0.3 is 0 Å². The number of nitrogens with zero attached hydrogens (tertiary/aromatic N) is 1. The number of ketones is 1. The van der Waals surface area contributed by atoms with Crippen molar-refractivity contribution in [3.63, 3.8) is 0 Å². The molecule has 0 aliphatic rings. The van der Waals surface area contributed by atoms with Gasteiger partial charge in [0.2, 0.25) is 6.08 Å². The van der Waals surface area contributed by atoms with Crippen LogP contribution >= 0.6 is 0 Å². The molecule has 0 atom stereocenters. The van der Waals surface area contributed by atoms with Crippen molar-refractivity contribution in [3.8, 4) is 0 Å². The van der Waals surface area contributed by atoms with Crippen LogP contribution in [0.4, 0.5) is 10.1 Å². The Kier molecular flexibility index (Phi) is 3.41. The van der Waals surface area contributed by atoms with Crippen LogP contribution in [0.25, 0.3) is 0 Å². The molecule has 0 amide bonds. The van der Waals surface area contributed by atoms with E-state index < -0.39 is 5.82 Å². The van der Waals surface area contributed by atoms with Gasteiger partial charge in [-0.15, -0.1) is 0 Å². The first kappa shape index (κ1) is 11.9. The Morgan fingerprint density at radius 2 is 1.72 bits per heavy atom. The molecule has 0 aliphatic carbocycles. The molecule has 88 valence electrons. The lowest BCUT2D eigenvalue weighted by Crippen LogP contribution is -2.01. The molecule has 2 rings (SSSR count). The number of carbonyl (C=O) groups is 1. The number of rotatable bonds is 3. The third kappa shape index (κ3) is 2.39. The molecule has 2 aromatic carbocycles. The summed E-state index contributed by atoms with van der Waals surface area (Å²) in [5.74, 6) is -0.727. The zero-order valence-corrected chi connectivity index (χ0v) is 9.26. The summed E-state index contributed by atoms with van der Waals surface area (Å²) in [6.07, 6.45) is 1.40. The van der Waals surface area contributed by atoms with Crippen molar-refractivity contribution in [2.75, 3.05) is 0 Å². The SMILES string of the molecule is O=C=Nc1ccccc1C(=O)c1ccc(F)cc1. The molecule has 0 radical (unpaired) electrons. The highest BCUT2D eigenvalue weighted by atomic mass is 19.1. The van der Waals surface area contributed by atoms with Gasteiger partial charge in [-0.05, 0) is 36.4 Å². The van der Waals surface area contributed by atoms with Crippen molar-refractivity contribution in [1.82, 2.24) is 0 Å². The fourth-order valence-electron chi connectivity index (χ4n) is 1.57. The van der Waals surface area contributed by atoms with Crippen LogP contribution in [0.15, 0.2) is 53.5 Å². The molecule has 2 aromatic rings. The topological polar surface area (TPSA) is 46.5 Å². The quantitative estimate of drug-likeness (QED) is 0.471. The van der Waals surface area contributed by atoms with E-state index in [0.29, 0.717) is 5.56 Å². The van der Waals surface area contributed by atoms with Crippen molar-refractivity contribution in [2.24, 2.45) is 4.99 Å². The molecule has 0 bridgehead atoms. The maximum Gasteiger partial charge on any atom is 0.240 e. The maximum absolute atomic E-state index is 12.8. The average Bonchev–Trinajstić information content (AvgIpc) is 2.40. The highest BCUT2D eigenvalue weighted by Gasteiger charge is 2.12. The Balaban J connectivity index is 2.46. The predicted octanol–water partition coefficient (Wildman–Crippen LogP) is 3.02. The summed E-state index contributed by atoms with van der Waals surface area (Å²) in [4.78, 5) is 25.9. The van der Waals surface area contributed by atoms with Gasteiger partial charge in [0.1, 0.15) is 5.82 Å². The molecular weight excluding hydrogens is 233 g/mol. The number of hydrogen-bond acceptors (Lipinski definition) is 3. The molecule has 4 heteroatoms. The summed E-state index contributed by atoms with van der Waals surface area (Å²) >= 11 is 0. The fourth-order valence-corrected chi connectivity index (χ4v) is 1.57. The molecule has 0 aliphatic heterocycles. The monoisotopic (exact) mass is 241 g/mol. The van der Waals surface area contributed by atoms with Crippen LogP contribution in [0.1, 0.15) is 15.9 Å². The smallest absolute Gasteiger partial charge is 0.240 e. The van der Waals surface area contributed by atoms with E-state index in [4.69, 9.17) is 0 Å². The van der Waals surface area contributed by atoms with E-state index in [0.717, 1.165) is 0 Å². The summed E-state index contributed by atoms with van der Waals surface area (Å²) in [6.45, 7) is 0. The second kappa shape index (κ2) is 5.17. The minimum Gasteiger partial charge on any atom is -0.289 e. The first-order valence-corrected chi connectivity index (χ1v) is 5.19. The van der Waals surface area contributed by atoms with Gasteiger partial charge in [-0.1, -0.05) is 12.1 Å². The van der Waals surface area contributed by atoms with Gasteiger partial charge in [0, 0.05) is 11.1 Å². The van der Waals surface area contributed by atoms with E-state index in [1.54, 1.807) is 24.3 Å². The molecule has 0 heterocycles. The van der Waals surface area contributed by atoms with Crippen molar-refractivity contribution in [1.29, 1.82) is 0 Å². The van der Waals surface area contributed by atoms with Crippen LogP contribution < -0.4 is 0 Å². The van der Waals surface area contributed by atoms with Crippen LogP contribution in [-0.2, 0) is 4.79 Å². The van der Waals surface area contributed by atoms with E-state index in [2.05, 4.69) is 4.99 Å². The number of hydrogen-bond donors (Lipinski definition) is 0. The Labute approximate surface area is 103 Å². The maximum atomic E-state index is 12.8. The number of para-hydroxylation sites is 1. The van der Waals surface area contributed by atoms with Crippen molar-refractivity contribution in [3.05, 3.63) is 65.5 Å². The number of carbonyl (C=O) groups excluding carboxylic acids is 2. The Bertz CT molecular complexity index is 628. The summed E-state index contributed by atoms with van der Waals surface area (Å²) in [5, 5.41) is 0. The number of isocyanates is 1. The standard InChI is InChI=1S/C14H8FNO2/c15-11-7-5-10(6-8-11)14(18)12-3-1-2-4-13(12)16-9-17/h1-8H. The molecule has 0 saturated heterocycles. The Morgan fingerprint density at radius 1 is 1.06 bits per heavy atom. The predicted molar refractivity (Wildman–Crippen MR) is 64.1 cm³/mol. The van der Waals surface area contributed by atoms with Crippen molar-refractivity contribution >= 4 is 17.6 Å². The molecule has 0 N–H and O–H groups in total. The van der Waals surface area contributed by atoms with Gasteiger partial charge in [0.15, 0.2) is 5.78 Å². The number of benzene rings is 2. The van der Waals surface area contributed by atoms with Gasteiger partial charge in [0.25, 0.3) is 0 Å². The fraction of sp³-hybridized carbons (Fsp3) is 0. The summed E-state index contributed by atoms with van der Waals surface area (Å²) in [7, 11) is 0. The first-order valence-electron chi connectivity index (χ1n) is 5.19. The van der Waals surface area contributed by atoms with Crippen molar-refractivity contribution in [2.45, 2.75) is 0 Å². The number of halogens is 1. The summed E-state index contributed by atoms with van der Waals surface area (Å²) < 4.78 is 12.8. The molecule has 3 nitrogen and oxygen atoms in total. The zero-order valence-electron chi connectivity index (χ0n) is 9.26. The van der Waals surface area contributed by atoms with Crippen LogP contribution in [-0.4, -0.2) is 11.9 Å². The van der Waals surface area contributed by atoms with Gasteiger partial charge >= 0.3 is 0 Å². The van der Waals surface area contributed by atoms with E-state index >= 15 is 0 Å². The number of aliphatic imine (C=N–C) groups is 1. The molecule has 0 unspecified atom stereocenters. The molecular formula is C14H8FNO2. The van der Waals surface area contributed by atoms with Gasteiger partial charge in [-0.25, -0.2) is 9.18 Å². The normalized spacial score (nSPS) is 9.61.